The average molecular weight is 605 g/mol. The quantitative estimate of drug-likeness (QED) is 0.256. The molecule has 0 bridgehead atoms. The molecule has 0 unspecified atom stereocenters. The first-order valence-corrected chi connectivity index (χ1v) is 10.6. The summed E-state index contributed by atoms with van der Waals surface area (Å²) in [6.45, 7) is 6.73. The number of nitrogen functional groups attached to an aromatic ring is 1. The molecule has 0 fully saturated rings. The van der Waals surface area contributed by atoms with E-state index in [0.717, 1.165) is 12.1 Å². The van der Waals surface area contributed by atoms with Crippen molar-refractivity contribution in [2.75, 3.05) is 16.4 Å². The van der Waals surface area contributed by atoms with E-state index in [0.29, 0.717) is 20.2 Å². The van der Waals surface area contributed by atoms with E-state index in [2.05, 4.69) is 37.2 Å². The van der Waals surface area contributed by atoms with Gasteiger partial charge in [-0.2, -0.15) is 13.2 Å². The number of alkyl halides is 3. The van der Waals surface area contributed by atoms with Crippen molar-refractivity contribution >= 4 is 60.9 Å². The maximum atomic E-state index is 13.5. The van der Waals surface area contributed by atoms with Gasteiger partial charge in [0.25, 0.3) is 0 Å². The van der Waals surface area contributed by atoms with Crippen molar-refractivity contribution in [3.63, 3.8) is 0 Å². The number of carbonyl (C=O) groups is 2. The normalized spacial score (nSPS) is 11.2. The maximum Gasteiger partial charge on any atom is 0.471 e. The fourth-order valence-electron chi connectivity index (χ4n) is 2.02. The summed E-state index contributed by atoms with van der Waals surface area (Å²) in [6, 6.07) is 4.61. The van der Waals surface area contributed by atoms with Crippen molar-refractivity contribution in [3.05, 3.63) is 50.4 Å². The van der Waals surface area contributed by atoms with Gasteiger partial charge < -0.3 is 15.8 Å². The molecular weight excluding hydrogens is 585 g/mol. The summed E-state index contributed by atoms with van der Waals surface area (Å²) in [7, 11) is 0. The third-order valence-electron chi connectivity index (χ3n) is 3.48. The predicted octanol–water partition coefficient (Wildman–Crippen LogP) is 6.91. The molecule has 0 atom stereocenters. The third kappa shape index (κ3) is 9.54. The summed E-state index contributed by atoms with van der Waals surface area (Å²) < 4.78 is 68.2. The van der Waals surface area contributed by atoms with Crippen LogP contribution in [0.2, 0.25) is 0 Å². The Morgan fingerprint density at radius 1 is 0.909 bits per heavy atom. The number of hydrogen-bond acceptors (Lipinski definition) is 4. The van der Waals surface area contributed by atoms with E-state index in [4.69, 9.17) is 10.5 Å². The number of nitrogens with one attached hydrogen (secondary N) is 2. The van der Waals surface area contributed by atoms with Gasteiger partial charge >= 0.3 is 18.2 Å². The van der Waals surface area contributed by atoms with Crippen molar-refractivity contribution in [3.8, 4) is 0 Å². The molecule has 2 rings (SSSR count). The molecule has 0 saturated heterocycles. The minimum absolute atomic E-state index is 0.0139. The second kappa shape index (κ2) is 11.1. The van der Waals surface area contributed by atoms with Crippen LogP contribution in [0.25, 0.3) is 0 Å². The first kappa shape index (κ1) is 28.6. The standard InChI is InChI=1S/C11H14BrFN2O2.C9H6BrF4NO/c1-11(2,3)17-10(16)15-9-5-8(14)6(12)4-7(9)13;1-4-2-7(6(11)3-5(4)10)15-8(16)9(12,13)14/h4-5H,14H2,1-3H3,(H,15,16);2-3H,1H3,(H,15,16). The van der Waals surface area contributed by atoms with E-state index >= 15 is 0 Å². The number of halogens is 7. The summed E-state index contributed by atoms with van der Waals surface area (Å²) in [4.78, 5) is 22.0. The lowest BCUT2D eigenvalue weighted by Gasteiger charge is -2.20. The number of carbonyl (C=O) groups excluding carboxylic acids is 2. The van der Waals surface area contributed by atoms with Gasteiger partial charge in [0.05, 0.1) is 11.4 Å². The van der Waals surface area contributed by atoms with Gasteiger partial charge in [-0.25, -0.2) is 13.6 Å². The van der Waals surface area contributed by atoms with Crippen LogP contribution in [0.4, 0.5) is 43.8 Å². The fraction of sp³-hybridized carbons (Fsp3) is 0.300. The van der Waals surface area contributed by atoms with Crippen LogP contribution in [0.15, 0.2) is 33.2 Å². The lowest BCUT2D eigenvalue weighted by atomic mass is 10.2. The van der Waals surface area contributed by atoms with E-state index < -0.39 is 41.1 Å². The smallest absolute Gasteiger partial charge is 0.444 e. The Bertz CT molecular complexity index is 1040. The average Bonchev–Trinajstić information content (AvgIpc) is 2.62. The molecular formula is C20H20Br2F5N3O3. The summed E-state index contributed by atoms with van der Waals surface area (Å²) in [5.41, 5.74) is 5.28. The minimum Gasteiger partial charge on any atom is -0.444 e. The molecule has 2 amide bonds. The first-order chi connectivity index (χ1) is 14.9. The van der Waals surface area contributed by atoms with Gasteiger partial charge in [-0.1, -0.05) is 15.9 Å². The molecule has 13 heteroatoms. The van der Waals surface area contributed by atoms with E-state index in [1.807, 2.05) is 0 Å². The van der Waals surface area contributed by atoms with Crippen molar-refractivity contribution < 1.29 is 36.3 Å². The highest BCUT2D eigenvalue weighted by atomic mass is 79.9. The Balaban J connectivity index is 0.000000331. The van der Waals surface area contributed by atoms with Crippen LogP contribution in [0.3, 0.4) is 0 Å². The van der Waals surface area contributed by atoms with Crippen molar-refractivity contribution in [2.24, 2.45) is 0 Å². The van der Waals surface area contributed by atoms with Gasteiger partial charge in [0.1, 0.15) is 17.2 Å². The number of anilines is 3. The van der Waals surface area contributed by atoms with Gasteiger partial charge in [-0.15, -0.1) is 0 Å². The van der Waals surface area contributed by atoms with Gasteiger partial charge in [0, 0.05) is 14.6 Å². The van der Waals surface area contributed by atoms with E-state index in [9.17, 15) is 31.5 Å². The van der Waals surface area contributed by atoms with Crippen LogP contribution in [0, 0.1) is 18.6 Å². The molecule has 0 aliphatic carbocycles. The molecule has 2 aromatic rings. The number of benzene rings is 2. The second-order valence-corrected chi connectivity index (χ2v) is 9.22. The molecule has 6 nitrogen and oxygen atoms in total. The summed E-state index contributed by atoms with van der Waals surface area (Å²) >= 11 is 6.10. The number of nitrogens with two attached hydrogens (primary N) is 1. The highest BCUT2D eigenvalue weighted by Crippen LogP contribution is 2.27. The molecule has 182 valence electrons. The van der Waals surface area contributed by atoms with Crippen LogP contribution in [-0.4, -0.2) is 23.8 Å². The number of ether oxygens (including phenoxy) is 1. The lowest BCUT2D eigenvalue weighted by molar-refractivity contribution is -0.167. The summed E-state index contributed by atoms with van der Waals surface area (Å²) in [5, 5.41) is 3.76. The SMILES string of the molecule is CC(C)(C)OC(=O)Nc1cc(N)c(Br)cc1F.Cc1cc(NC(=O)C(F)(F)F)c(F)cc1Br. The Morgan fingerprint density at radius 2 is 1.39 bits per heavy atom. The minimum atomic E-state index is -5.03. The molecule has 0 aliphatic heterocycles. The molecule has 0 aliphatic rings. The van der Waals surface area contributed by atoms with Crippen LogP contribution < -0.4 is 16.4 Å². The van der Waals surface area contributed by atoms with E-state index in [1.54, 1.807) is 27.7 Å². The van der Waals surface area contributed by atoms with Crippen LogP contribution in [-0.2, 0) is 9.53 Å². The fourth-order valence-corrected chi connectivity index (χ4v) is 2.65. The first-order valence-electron chi connectivity index (χ1n) is 8.99. The molecule has 0 spiro atoms. The summed E-state index contributed by atoms with van der Waals surface area (Å²) in [6.07, 6.45) is -5.76. The van der Waals surface area contributed by atoms with Gasteiger partial charge in [-0.3, -0.25) is 10.1 Å². The zero-order valence-electron chi connectivity index (χ0n) is 17.8. The number of aryl methyl sites for hydroxylation is 1. The number of amides is 2. The zero-order chi connectivity index (χ0) is 25.7. The van der Waals surface area contributed by atoms with Gasteiger partial charge in [-0.05, 0) is 73.5 Å². The second-order valence-electron chi connectivity index (χ2n) is 7.51. The Morgan fingerprint density at radius 3 is 1.88 bits per heavy atom. The monoisotopic (exact) mass is 603 g/mol. The Kier molecular flexibility index (Phi) is 9.66. The lowest BCUT2D eigenvalue weighted by Crippen LogP contribution is -2.30. The third-order valence-corrected chi connectivity index (χ3v) is 5.02. The molecule has 0 saturated carbocycles. The molecule has 0 aromatic heterocycles. The zero-order valence-corrected chi connectivity index (χ0v) is 20.9. The van der Waals surface area contributed by atoms with Gasteiger partial charge in [0.2, 0.25) is 0 Å². The maximum absolute atomic E-state index is 13.5. The molecule has 2 aromatic carbocycles. The Labute approximate surface area is 203 Å². The number of rotatable bonds is 2. The molecule has 4 N–H and O–H groups in total. The highest BCUT2D eigenvalue weighted by molar-refractivity contribution is 9.10. The van der Waals surface area contributed by atoms with Gasteiger partial charge in [0.15, 0.2) is 0 Å². The molecule has 33 heavy (non-hydrogen) atoms. The predicted molar refractivity (Wildman–Crippen MR) is 122 cm³/mol. The van der Waals surface area contributed by atoms with Crippen LogP contribution >= 0.6 is 31.9 Å². The topological polar surface area (TPSA) is 93.4 Å². The largest absolute Gasteiger partial charge is 0.471 e. The van der Waals surface area contributed by atoms with Crippen molar-refractivity contribution in [2.45, 2.75) is 39.5 Å². The molecule has 0 radical (unpaired) electrons. The van der Waals surface area contributed by atoms with Crippen LogP contribution in [0.5, 0.6) is 0 Å². The Hall–Kier alpha value is -2.41. The number of hydrogen-bond donors (Lipinski definition) is 3. The highest BCUT2D eigenvalue weighted by Gasteiger charge is 2.39. The van der Waals surface area contributed by atoms with E-state index in [-0.39, 0.29) is 5.69 Å². The van der Waals surface area contributed by atoms with E-state index in [1.165, 1.54) is 17.4 Å². The van der Waals surface area contributed by atoms with Crippen LogP contribution in [0.1, 0.15) is 26.3 Å². The molecule has 0 heterocycles. The summed E-state index contributed by atoms with van der Waals surface area (Å²) in [5.74, 6) is -3.72. The van der Waals surface area contributed by atoms with Crippen molar-refractivity contribution in [1.29, 1.82) is 0 Å². The van der Waals surface area contributed by atoms with Crippen molar-refractivity contribution in [1.82, 2.24) is 0 Å².